The molecule has 1 aliphatic heterocycles. The van der Waals surface area contributed by atoms with Gasteiger partial charge in [0.15, 0.2) is 0 Å². The lowest BCUT2D eigenvalue weighted by atomic mass is 9.96. The number of anilines is 1. The quantitative estimate of drug-likeness (QED) is 0.908. The summed E-state index contributed by atoms with van der Waals surface area (Å²) in [7, 11) is 0. The zero-order valence-electron chi connectivity index (χ0n) is 12.6. The highest BCUT2D eigenvalue weighted by Gasteiger charge is 2.23. The molecule has 2 aliphatic rings. The van der Waals surface area contributed by atoms with Gasteiger partial charge < -0.3 is 15.1 Å². The number of amides is 2. The maximum atomic E-state index is 12.3. The molecule has 21 heavy (non-hydrogen) atoms. The molecule has 1 saturated carbocycles. The molecule has 0 atom stereocenters. The first-order chi connectivity index (χ1) is 10.3. The van der Waals surface area contributed by atoms with Gasteiger partial charge in [0.05, 0.1) is 0 Å². The first kappa shape index (κ1) is 14.2. The fourth-order valence-corrected chi connectivity index (χ4v) is 3.32. The summed E-state index contributed by atoms with van der Waals surface area (Å²) in [5.41, 5.74) is 1.25. The highest BCUT2D eigenvalue weighted by Crippen LogP contribution is 2.18. The van der Waals surface area contributed by atoms with Crippen molar-refractivity contribution in [2.45, 2.75) is 38.1 Å². The van der Waals surface area contributed by atoms with Crippen molar-refractivity contribution in [2.24, 2.45) is 0 Å². The Morgan fingerprint density at radius 1 is 0.952 bits per heavy atom. The monoisotopic (exact) mass is 287 g/mol. The van der Waals surface area contributed by atoms with Crippen molar-refractivity contribution in [1.29, 1.82) is 0 Å². The molecule has 1 N–H and O–H groups in total. The Kier molecular flexibility index (Phi) is 4.63. The Morgan fingerprint density at radius 3 is 2.29 bits per heavy atom. The van der Waals surface area contributed by atoms with Crippen LogP contribution in [-0.4, -0.2) is 43.2 Å². The normalized spacial score (nSPS) is 20.4. The summed E-state index contributed by atoms with van der Waals surface area (Å²) < 4.78 is 0. The first-order valence-corrected chi connectivity index (χ1v) is 8.18. The Bertz CT molecular complexity index is 448. The topological polar surface area (TPSA) is 35.6 Å². The van der Waals surface area contributed by atoms with E-state index < -0.39 is 0 Å². The zero-order chi connectivity index (χ0) is 14.5. The number of nitrogens with zero attached hydrogens (tertiary/aromatic N) is 2. The summed E-state index contributed by atoms with van der Waals surface area (Å²) >= 11 is 0. The minimum absolute atomic E-state index is 0.134. The maximum Gasteiger partial charge on any atom is 0.317 e. The molecule has 1 aromatic rings. The number of hydrogen-bond donors (Lipinski definition) is 1. The highest BCUT2D eigenvalue weighted by molar-refractivity contribution is 5.75. The minimum Gasteiger partial charge on any atom is -0.368 e. The number of urea groups is 1. The third-order valence-corrected chi connectivity index (χ3v) is 4.62. The van der Waals surface area contributed by atoms with E-state index in [0.717, 1.165) is 39.0 Å². The molecular weight excluding hydrogens is 262 g/mol. The van der Waals surface area contributed by atoms with Gasteiger partial charge in [-0.3, -0.25) is 0 Å². The second-order valence-corrected chi connectivity index (χ2v) is 6.09. The molecule has 1 aromatic carbocycles. The van der Waals surface area contributed by atoms with E-state index in [2.05, 4.69) is 34.5 Å². The van der Waals surface area contributed by atoms with Gasteiger partial charge in [-0.25, -0.2) is 4.79 Å². The largest absolute Gasteiger partial charge is 0.368 e. The van der Waals surface area contributed by atoms with Crippen LogP contribution in [0.3, 0.4) is 0 Å². The van der Waals surface area contributed by atoms with Gasteiger partial charge in [-0.15, -0.1) is 0 Å². The van der Waals surface area contributed by atoms with Gasteiger partial charge in [0.1, 0.15) is 0 Å². The van der Waals surface area contributed by atoms with Crippen LogP contribution in [0.2, 0.25) is 0 Å². The maximum absolute atomic E-state index is 12.3. The molecule has 1 heterocycles. The SMILES string of the molecule is O=C(NC1CCCCC1)N1CCN(c2ccccc2)CC1. The molecule has 2 amide bonds. The third-order valence-electron chi connectivity index (χ3n) is 4.62. The fraction of sp³-hybridized carbons (Fsp3) is 0.588. The lowest BCUT2D eigenvalue weighted by molar-refractivity contribution is 0.186. The van der Waals surface area contributed by atoms with Crippen molar-refractivity contribution < 1.29 is 4.79 Å². The van der Waals surface area contributed by atoms with E-state index in [0.29, 0.717) is 6.04 Å². The number of para-hydroxylation sites is 1. The van der Waals surface area contributed by atoms with Crippen molar-refractivity contribution in [1.82, 2.24) is 10.2 Å². The van der Waals surface area contributed by atoms with Crippen LogP contribution in [0, 0.1) is 0 Å². The van der Waals surface area contributed by atoms with Crippen LogP contribution in [0.15, 0.2) is 30.3 Å². The van der Waals surface area contributed by atoms with Crippen LogP contribution >= 0.6 is 0 Å². The van der Waals surface area contributed by atoms with Crippen LogP contribution in [0.4, 0.5) is 10.5 Å². The van der Waals surface area contributed by atoms with Gasteiger partial charge in [0.2, 0.25) is 0 Å². The average molecular weight is 287 g/mol. The van der Waals surface area contributed by atoms with Crippen LogP contribution in [0.25, 0.3) is 0 Å². The minimum atomic E-state index is 0.134. The number of hydrogen-bond acceptors (Lipinski definition) is 2. The molecular formula is C17H25N3O. The second kappa shape index (κ2) is 6.83. The van der Waals surface area contributed by atoms with Crippen molar-refractivity contribution >= 4 is 11.7 Å². The van der Waals surface area contributed by atoms with Crippen molar-refractivity contribution in [3.05, 3.63) is 30.3 Å². The number of benzene rings is 1. The van der Waals surface area contributed by atoms with Gasteiger partial charge in [-0.05, 0) is 25.0 Å². The molecule has 1 saturated heterocycles. The Labute approximate surface area is 127 Å². The van der Waals surface area contributed by atoms with E-state index >= 15 is 0 Å². The summed E-state index contributed by atoms with van der Waals surface area (Å²) in [6.07, 6.45) is 6.13. The predicted molar refractivity (Wildman–Crippen MR) is 85.6 cm³/mol. The Morgan fingerprint density at radius 2 is 1.62 bits per heavy atom. The molecule has 114 valence electrons. The first-order valence-electron chi connectivity index (χ1n) is 8.18. The molecule has 0 aromatic heterocycles. The molecule has 0 radical (unpaired) electrons. The van der Waals surface area contributed by atoms with E-state index in [-0.39, 0.29) is 6.03 Å². The number of carbonyl (C=O) groups is 1. The van der Waals surface area contributed by atoms with Gasteiger partial charge in [0.25, 0.3) is 0 Å². The van der Waals surface area contributed by atoms with Crippen LogP contribution in [0.5, 0.6) is 0 Å². The highest BCUT2D eigenvalue weighted by atomic mass is 16.2. The van der Waals surface area contributed by atoms with E-state index in [1.54, 1.807) is 0 Å². The van der Waals surface area contributed by atoms with Crippen LogP contribution < -0.4 is 10.2 Å². The summed E-state index contributed by atoms with van der Waals surface area (Å²) in [4.78, 5) is 16.6. The number of rotatable bonds is 2. The van der Waals surface area contributed by atoms with Gasteiger partial charge in [0, 0.05) is 37.9 Å². The number of nitrogens with one attached hydrogen (secondary N) is 1. The smallest absolute Gasteiger partial charge is 0.317 e. The number of piperazine rings is 1. The van der Waals surface area contributed by atoms with Gasteiger partial charge >= 0.3 is 6.03 Å². The van der Waals surface area contributed by atoms with E-state index in [9.17, 15) is 4.79 Å². The molecule has 0 spiro atoms. The molecule has 3 rings (SSSR count). The zero-order valence-corrected chi connectivity index (χ0v) is 12.6. The average Bonchev–Trinajstić information content (AvgIpc) is 2.57. The third kappa shape index (κ3) is 3.69. The summed E-state index contributed by atoms with van der Waals surface area (Å²) in [6.45, 7) is 3.46. The van der Waals surface area contributed by atoms with Gasteiger partial charge in [-0.1, -0.05) is 37.5 Å². The molecule has 4 heteroatoms. The van der Waals surface area contributed by atoms with Crippen molar-refractivity contribution in [2.75, 3.05) is 31.1 Å². The molecule has 4 nitrogen and oxygen atoms in total. The Hall–Kier alpha value is -1.71. The predicted octanol–water partition coefficient (Wildman–Crippen LogP) is 2.85. The van der Waals surface area contributed by atoms with E-state index in [4.69, 9.17) is 0 Å². The second-order valence-electron chi connectivity index (χ2n) is 6.09. The van der Waals surface area contributed by atoms with Crippen LogP contribution in [-0.2, 0) is 0 Å². The molecule has 2 fully saturated rings. The number of carbonyl (C=O) groups excluding carboxylic acids is 1. The fourth-order valence-electron chi connectivity index (χ4n) is 3.32. The summed E-state index contributed by atoms with van der Waals surface area (Å²) in [5.74, 6) is 0. The molecule has 0 unspecified atom stereocenters. The van der Waals surface area contributed by atoms with Crippen molar-refractivity contribution in [3.8, 4) is 0 Å². The lowest BCUT2D eigenvalue weighted by Crippen LogP contribution is -2.53. The van der Waals surface area contributed by atoms with Crippen LogP contribution in [0.1, 0.15) is 32.1 Å². The Balaban J connectivity index is 1.47. The standard InChI is InChI=1S/C17H25N3O/c21-17(18-15-7-3-1-4-8-15)20-13-11-19(12-14-20)16-9-5-2-6-10-16/h2,5-6,9-10,15H,1,3-4,7-8,11-14H2,(H,18,21). The molecule has 0 bridgehead atoms. The summed E-state index contributed by atoms with van der Waals surface area (Å²) in [5, 5.41) is 3.21. The van der Waals surface area contributed by atoms with Crippen molar-refractivity contribution in [3.63, 3.8) is 0 Å². The van der Waals surface area contributed by atoms with E-state index in [1.807, 2.05) is 11.0 Å². The van der Waals surface area contributed by atoms with E-state index in [1.165, 1.54) is 24.9 Å². The molecule has 1 aliphatic carbocycles. The van der Waals surface area contributed by atoms with Gasteiger partial charge in [-0.2, -0.15) is 0 Å². The lowest BCUT2D eigenvalue weighted by Gasteiger charge is -2.37. The summed E-state index contributed by atoms with van der Waals surface area (Å²) in [6, 6.07) is 11.0.